The maximum atomic E-state index is 12.1. The molecule has 0 aliphatic heterocycles. The zero-order valence-corrected chi connectivity index (χ0v) is 15.1. The standard InChI is InChI=1S/C18H16ClN3O2S/c1-25-15-5-3-2-4-14(15)20-16(23)10-11-17-21-18(22-24-17)12-6-8-13(19)9-7-12/h2-9H,10-11H2,1H3,(H,20,23). The van der Waals surface area contributed by atoms with Crippen LogP contribution in [0, 0.1) is 0 Å². The molecule has 1 amide bonds. The van der Waals surface area contributed by atoms with Crippen molar-refractivity contribution >= 4 is 35.0 Å². The Balaban J connectivity index is 1.58. The molecule has 2 aromatic carbocycles. The molecule has 0 saturated carbocycles. The molecule has 1 N–H and O–H groups in total. The Morgan fingerprint density at radius 3 is 2.72 bits per heavy atom. The number of anilines is 1. The molecule has 1 heterocycles. The van der Waals surface area contributed by atoms with Crippen LogP contribution in [0.3, 0.4) is 0 Å². The van der Waals surface area contributed by atoms with Gasteiger partial charge in [-0.2, -0.15) is 4.98 Å². The maximum Gasteiger partial charge on any atom is 0.227 e. The van der Waals surface area contributed by atoms with Gasteiger partial charge >= 0.3 is 0 Å². The molecule has 0 spiro atoms. The number of hydrogen-bond donors (Lipinski definition) is 1. The fourth-order valence-corrected chi connectivity index (χ4v) is 2.93. The van der Waals surface area contributed by atoms with Gasteiger partial charge in [0.2, 0.25) is 17.6 Å². The second-order valence-electron chi connectivity index (χ2n) is 5.27. The van der Waals surface area contributed by atoms with Gasteiger partial charge in [0.1, 0.15) is 0 Å². The number of carbonyl (C=O) groups is 1. The minimum atomic E-state index is -0.0901. The van der Waals surface area contributed by atoms with E-state index in [1.807, 2.05) is 42.7 Å². The molecule has 0 unspecified atom stereocenters. The summed E-state index contributed by atoms with van der Waals surface area (Å²) in [4.78, 5) is 17.5. The predicted molar refractivity (Wildman–Crippen MR) is 99.9 cm³/mol. The smallest absolute Gasteiger partial charge is 0.227 e. The number of hydrogen-bond acceptors (Lipinski definition) is 5. The number of amides is 1. The molecule has 0 radical (unpaired) electrons. The van der Waals surface area contributed by atoms with Crippen molar-refractivity contribution < 1.29 is 9.32 Å². The fourth-order valence-electron chi connectivity index (χ4n) is 2.25. The topological polar surface area (TPSA) is 68.0 Å². The van der Waals surface area contributed by atoms with Crippen molar-refractivity contribution in [2.75, 3.05) is 11.6 Å². The molecule has 7 heteroatoms. The van der Waals surface area contributed by atoms with E-state index in [0.717, 1.165) is 16.1 Å². The van der Waals surface area contributed by atoms with Gasteiger partial charge in [-0.15, -0.1) is 11.8 Å². The lowest BCUT2D eigenvalue weighted by Crippen LogP contribution is -2.13. The number of para-hydroxylation sites is 1. The highest BCUT2D eigenvalue weighted by Gasteiger charge is 2.12. The first-order valence-electron chi connectivity index (χ1n) is 7.67. The SMILES string of the molecule is CSc1ccccc1NC(=O)CCc1nc(-c2ccc(Cl)cc2)no1. The zero-order valence-electron chi connectivity index (χ0n) is 13.5. The highest BCUT2D eigenvalue weighted by molar-refractivity contribution is 7.98. The molecule has 0 aliphatic carbocycles. The Morgan fingerprint density at radius 2 is 1.96 bits per heavy atom. The average molecular weight is 374 g/mol. The molecule has 1 aromatic heterocycles. The minimum Gasteiger partial charge on any atom is -0.339 e. The van der Waals surface area contributed by atoms with Crippen molar-refractivity contribution in [1.82, 2.24) is 10.1 Å². The van der Waals surface area contributed by atoms with Crippen molar-refractivity contribution in [2.24, 2.45) is 0 Å². The molecule has 5 nitrogen and oxygen atoms in total. The molecule has 0 saturated heterocycles. The van der Waals surface area contributed by atoms with E-state index >= 15 is 0 Å². The Kier molecular flexibility index (Phi) is 5.73. The highest BCUT2D eigenvalue weighted by Crippen LogP contribution is 2.25. The number of nitrogens with zero attached hydrogens (tertiary/aromatic N) is 2. The third kappa shape index (κ3) is 4.61. The van der Waals surface area contributed by atoms with Gasteiger partial charge in [-0.3, -0.25) is 4.79 Å². The van der Waals surface area contributed by atoms with Crippen molar-refractivity contribution in [1.29, 1.82) is 0 Å². The van der Waals surface area contributed by atoms with Crippen molar-refractivity contribution in [3.8, 4) is 11.4 Å². The van der Waals surface area contributed by atoms with E-state index < -0.39 is 0 Å². The molecule has 0 aliphatic rings. The third-order valence-electron chi connectivity index (χ3n) is 3.52. The Bertz CT molecular complexity index is 865. The third-order valence-corrected chi connectivity index (χ3v) is 4.57. The summed E-state index contributed by atoms with van der Waals surface area (Å²) in [5, 5.41) is 7.50. The molecule has 128 valence electrons. The van der Waals surface area contributed by atoms with E-state index in [1.165, 1.54) is 0 Å². The number of halogens is 1. The van der Waals surface area contributed by atoms with Crippen LogP contribution in [0.4, 0.5) is 5.69 Å². The van der Waals surface area contributed by atoms with Gasteiger partial charge in [0.15, 0.2) is 0 Å². The quantitative estimate of drug-likeness (QED) is 0.635. The summed E-state index contributed by atoms with van der Waals surface area (Å²) < 4.78 is 5.22. The first-order chi connectivity index (χ1) is 12.2. The minimum absolute atomic E-state index is 0.0901. The van der Waals surface area contributed by atoms with Crippen LogP contribution < -0.4 is 5.32 Å². The molecule has 25 heavy (non-hydrogen) atoms. The molecule has 0 atom stereocenters. The Labute approximate surface area is 154 Å². The van der Waals surface area contributed by atoms with Crippen LogP contribution in [0.2, 0.25) is 5.02 Å². The van der Waals surface area contributed by atoms with E-state index in [2.05, 4.69) is 15.5 Å². The maximum absolute atomic E-state index is 12.1. The molecule has 3 aromatic rings. The number of carbonyl (C=O) groups excluding carboxylic acids is 1. The van der Waals surface area contributed by atoms with Gasteiger partial charge in [0.05, 0.1) is 5.69 Å². The average Bonchev–Trinajstić information content (AvgIpc) is 3.10. The van der Waals surface area contributed by atoms with E-state index in [-0.39, 0.29) is 12.3 Å². The lowest BCUT2D eigenvalue weighted by atomic mass is 10.2. The van der Waals surface area contributed by atoms with E-state index in [0.29, 0.717) is 23.2 Å². The van der Waals surface area contributed by atoms with Gasteiger partial charge in [0, 0.05) is 28.3 Å². The summed E-state index contributed by atoms with van der Waals surface area (Å²) in [6.45, 7) is 0. The molecule has 3 rings (SSSR count). The van der Waals surface area contributed by atoms with Gasteiger partial charge in [-0.1, -0.05) is 28.9 Å². The number of aromatic nitrogens is 2. The Hall–Kier alpha value is -2.31. The second-order valence-corrected chi connectivity index (χ2v) is 6.55. The monoisotopic (exact) mass is 373 g/mol. The zero-order chi connectivity index (χ0) is 17.6. The van der Waals surface area contributed by atoms with Crippen LogP contribution in [0.1, 0.15) is 12.3 Å². The number of rotatable bonds is 6. The van der Waals surface area contributed by atoms with Gasteiger partial charge in [0.25, 0.3) is 0 Å². The molecular weight excluding hydrogens is 358 g/mol. The summed E-state index contributed by atoms with van der Waals surface area (Å²) >= 11 is 7.46. The summed E-state index contributed by atoms with van der Waals surface area (Å²) in [6.07, 6.45) is 2.63. The van der Waals surface area contributed by atoms with Gasteiger partial charge in [-0.25, -0.2) is 0 Å². The largest absolute Gasteiger partial charge is 0.339 e. The van der Waals surface area contributed by atoms with Crippen LogP contribution in [-0.2, 0) is 11.2 Å². The highest BCUT2D eigenvalue weighted by atomic mass is 35.5. The first kappa shape index (κ1) is 17.5. The molecule has 0 bridgehead atoms. The Morgan fingerprint density at radius 1 is 1.20 bits per heavy atom. The lowest BCUT2D eigenvalue weighted by Gasteiger charge is -2.08. The van der Waals surface area contributed by atoms with Crippen LogP contribution in [0.15, 0.2) is 57.9 Å². The first-order valence-corrected chi connectivity index (χ1v) is 9.27. The van der Waals surface area contributed by atoms with Gasteiger partial charge in [-0.05, 0) is 42.7 Å². The summed E-state index contributed by atoms with van der Waals surface area (Å²) in [5.74, 6) is 0.825. The van der Waals surface area contributed by atoms with Crippen molar-refractivity contribution in [3.63, 3.8) is 0 Å². The lowest BCUT2D eigenvalue weighted by molar-refractivity contribution is -0.116. The summed E-state index contributed by atoms with van der Waals surface area (Å²) in [6, 6.07) is 14.9. The normalized spacial score (nSPS) is 10.6. The number of aryl methyl sites for hydroxylation is 1. The van der Waals surface area contributed by atoms with Crippen LogP contribution in [0.25, 0.3) is 11.4 Å². The van der Waals surface area contributed by atoms with E-state index in [1.54, 1.807) is 23.9 Å². The predicted octanol–water partition coefficient (Wildman–Crippen LogP) is 4.68. The van der Waals surface area contributed by atoms with E-state index in [4.69, 9.17) is 16.1 Å². The van der Waals surface area contributed by atoms with Crippen molar-refractivity contribution in [3.05, 3.63) is 59.4 Å². The van der Waals surface area contributed by atoms with Crippen LogP contribution in [0.5, 0.6) is 0 Å². The number of benzene rings is 2. The molecular formula is C18H16ClN3O2S. The number of nitrogens with one attached hydrogen (secondary N) is 1. The van der Waals surface area contributed by atoms with Crippen LogP contribution >= 0.6 is 23.4 Å². The summed E-state index contributed by atoms with van der Waals surface area (Å²) in [7, 11) is 0. The fraction of sp³-hybridized carbons (Fsp3) is 0.167. The number of thioether (sulfide) groups is 1. The van der Waals surface area contributed by atoms with Gasteiger partial charge < -0.3 is 9.84 Å². The van der Waals surface area contributed by atoms with E-state index in [9.17, 15) is 4.79 Å². The van der Waals surface area contributed by atoms with Crippen LogP contribution in [-0.4, -0.2) is 22.3 Å². The second kappa shape index (κ2) is 8.18. The molecule has 0 fully saturated rings. The summed E-state index contributed by atoms with van der Waals surface area (Å²) in [5.41, 5.74) is 1.63. The van der Waals surface area contributed by atoms with Crippen molar-refractivity contribution in [2.45, 2.75) is 17.7 Å².